The fraction of sp³-hybridized carbons (Fsp3) is 0.600. The van der Waals surface area contributed by atoms with Crippen molar-refractivity contribution in [2.75, 3.05) is 7.11 Å². The van der Waals surface area contributed by atoms with Gasteiger partial charge in [0.15, 0.2) is 0 Å². The summed E-state index contributed by atoms with van der Waals surface area (Å²) in [7, 11) is 1.74. The topological polar surface area (TPSA) is 35.2 Å². The summed E-state index contributed by atoms with van der Waals surface area (Å²) in [5, 5.41) is 0.876. The SMILES string of the molecule is COc1cc(C)c(Cl)c(C)c1C1CCC(N)CC1. The van der Waals surface area contributed by atoms with Gasteiger partial charge in [0.2, 0.25) is 0 Å². The van der Waals surface area contributed by atoms with Crippen LogP contribution in [0.4, 0.5) is 0 Å². The van der Waals surface area contributed by atoms with Crippen LogP contribution in [0.3, 0.4) is 0 Å². The highest BCUT2D eigenvalue weighted by Gasteiger charge is 2.25. The van der Waals surface area contributed by atoms with Crippen molar-refractivity contribution in [1.82, 2.24) is 0 Å². The molecule has 0 atom stereocenters. The van der Waals surface area contributed by atoms with Crippen LogP contribution in [0.15, 0.2) is 6.07 Å². The second kappa shape index (κ2) is 5.50. The van der Waals surface area contributed by atoms with Gasteiger partial charge in [-0.3, -0.25) is 0 Å². The molecule has 3 heteroatoms. The summed E-state index contributed by atoms with van der Waals surface area (Å²) < 4.78 is 5.55. The molecule has 0 radical (unpaired) electrons. The van der Waals surface area contributed by atoms with Crippen LogP contribution in [-0.4, -0.2) is 13.2 Å². The number of ether oxygens (including phenoxy) is 1. The van der Waals surface area contributed by atoms with Crippen LogP contribution < -0.4 is 10.5 Å². The molecule has 2 nitrogen and oxygen atoms in total. The molecule has 2 N–H and O–H groups in total. The predicted octanol–water partition coefficient (Wildman–Crippen LogP) is 3.95. The Morgan fingerprint density at radius 2 is 1.83 bits per heavy atom. The Bertz CT molecular complexity index is 437. The van der Waals surface area contributed by atoms with Gasteiger partial charge in [0.05, 0.1) is 7.11 Å². The van der Waals surface area contributed by atoms with Gasteiger partial charge in [-0.25, -0.2) is 0 Å². The number of aryl methyl sites for hydroxylation is 1. The van der Waals surface area contributed by atoms with E-state index in [1.807, 2.05) is 6.92 Å². The summed E-state index contributed by atoms with van der Waals surface area (Å²) >= 11 is 6.38. The second-order valence-electron chi connectivity index (χ2n) is 5.36. The van der Waals surface area contributed by atoms with Crippen molar-refractivity contribution in [2.24, 2.45) is 5.73 Å². The van der Waals surface area contributed by atoms with Gasteiger partial charge in [-0.15, -0.1) is 0 Å². The average molecular weight is 268 g/mol. The fourth-order valence-corrected chi connectivity index (χ4v) is 3.18. The Morgan fingerprint density at radius 1 is 1.22 bits per heavy atom. The van der Waals surface area contributed by atoms with E-state index < -0.39 is 0 Å². The molecule has 1 aliphatic carbocycles. The van der Waals surface area contributed by atoms with Crippen molar-refractivity contribution in [3.63, 3.8) is 0 Å². The lowest BCUT2D eigenvalue weighted by Gasteiger charge is -2.29. The first-order valence-electron chi connectivity index (χ1n) is 6.63. The maximum atomic E-state index is 6.38. The van der Waals surface area contributed by atoms with Gasteiger partial charge < -0.3 is 10.5 Å². The van der Waals surface area contributed by atoms with Crippen molar-refractivity contribution in [1.29, 1.82) is 0 Å². The summed E-state index contributed by atoms with van der Waals surface area (Å²) in [5.41, 5.74) is 9.53. The molecule has 1 aromatic carbocycles. The maximum absolute atomic E-state index is 6.38. The first kappa shape index (κ1) is 13.7. The number of halogens is 1. The molecule has 0 amide bonds. The zero-order chi connectivity index (χ0) is 13.3. The number of nitrogens with two attached hydrogens (primary N) is 1. The predicted molar refractivity (Wildman–Crippen MR) is 76.7 cm³/mol. The van der Waals surface area contributed by atoms with Gasteiger partial charge >= 0.3 is 0 Å². The van der Waals surface area contributed by atoms with Crippen LogP contribution in [0.5, 0.6) is 5.75 Å². The van der Waals surface area contributed by atoms with E-state index in [2.05, 4.69) is 13.0 Å². The fourth-order valence-electron chi connectivity index (χ4n) is 3.02. The number of hydrogen-bond acceptors (Lipinski definition) is 2. The van der Waals surface area contributed by atoms with Crippen molar-refractivity contribution in [3.05, 3.63) is 27.8 Å². The summed E-state index contributed by atoms with van der Waals surface area (Å²) in [6.07, 6.45) is 4.47. The first-order chi connectivity index (χ1) is 8.54. The minimum atomic E-state index is 0.369. The Morgan fingerprint density at radius 3 is 2.39 bits per heavy atom. The Hall–Kier alpha value is -0.730. The third-order valence-electron chi connectivity index (χ3n) is 4.09. The third-order valence-corrected chi connectivity index (χ3v) is 4.67. The Labute approximate surface area is 114 Å². The molecule has 0 heterocycles. The van der Waals surface area contributed by atoms with Crippen LogP contribution in [0.1, 0.15) is 48.3 Å². The van der Waals surface area contributed by atoms with Gasteiger partial charge in [0.25, 0.3) is 0 Å². The lowest BCUT2D eigenvalue weighted by Crippen LogP contribution is -2.26. The molecule has 0 aromatic heterocycles. The smallest absolute Gasteiger partial charge is 0.122 e. The standard InChI is InChI=1S/C15H22ClNO/c1-9-8-13(18-3)14(10(2)15(9)16)11-4-6-12(17)7-5-11/h8,11-12H,4-7,17H2,1-3H3. The van der Waals surface area contributed by atoms with E-state index in [4.69, 9.17) is 22.1 Å². The number of hydrogen-bond donors (Lipinski definition) is 1. The van der Waals surface area contributed by atoms with Crippen molar-refractivity contribution >= 4 is 11.6 Å². The molecule has 0 saturated heterocycles. The van der Waals surface area contributed by atoms with Gasteiger partial charge in [-0.2, -0.15) is 0 Å². The second-order valence-corrected chi connectivity index (χ2v) is 5.74. The minimum absolute atomic E-state index is 0.369. The van der Waals surface area contributed by atoms with E-state index in [9.17, 15) is 0 Å². The molecular weight excluding hydrogens is 246 g/mol. The quantitative estimate of drug-likeness (QED) is 0.881. The molecule has 1 fully saturated rings. The Kier molecular flexibility index (Phi) is 4.18. The van der Waals surface area contributed by atoms with Gasteiger partial charge in [-0.05, 0) is 62.6 Å². The minimum Gasteiger partial charge on any atom is -0.496 e. The number of methoxy groups -OCH3 is 1. The van der Waals surface area contributed by atoms with Gasteiger partial charge in [0, 0.05) is 16.6 Å². The summed E-state index contributed by atoms with van der Waals surface area (Å²) in [4.78, 5) is 0. The molecule has 0 unspecified atom stereocenters. The van der Waals surface area contributed by atoms with E-state index in [1.54, 1.807) is 7.11 Å². The molecular formula is C15H22ClNO. The summed E-state index contributed by atoms with van der Waals surface area (Å²) in [6, 6.07) is 2.42. The first-order valence-corrected chi connectivity index (χ1v) is 7.01. The van der Waals surface area contributed by atoms with Gasteiger partial charge in [0.1, 0.15) is 5.75 Å². The molecule has 1 aromatic rings. The van der Waals surface area contributed by atoms with E-state index in [0.717, 1.165) is 42.0 Å². The van der Waals surface area contributed by atoms with E-state index >= 15 is 0 Å². The van der Waals surface area contributed by atoms with Crippen molar-refractivity contribution < 1.29 is 4.74 Å². The molecule has 0 aliphatic heterocycles. The molecule has 0 bridgehead atoms. The van der Waals surface area contributed by atoms with Crippen molar-refractivity contribution in [3.8, 4) is 5.75 Å². The highest BCUT2D eigenvalue weighted by atomic mass is 35.5. The lowest BCUT2D eigenvalue weighted by atomic mass is 9.79. The molecule has 2 rings (SSSR count). The average Bonchev–Trinajstić information content (AvgIpc) is 2.37. The van der Waals surface area contributed by atoms with E-state index in [-0.39, 0.29) is 0 Å². The summed E-state index contributed by atoms with van der Waals surface area (Å²) in [5.74, 6) is 1.52. The summed E-state index contributed by atoms with van der Waals surface area (Å²) in [6.45, 7) is 4.13. The zero-order valence-electron chi connectivity index (χ0n) is 11.4. The highest BCUT2D eigenvalue weighted by molar-refractivity contribution is 6.32. The van der Waals surface area contributed by atoms with Gasteiger partial charge in [-0.1, -0.05) is 11.6 Å². The van der Waals surface area contributed by atoms with E-state index in [1.165, 1.54) is 11.1 Å². The maximum Gasteiger partial charge on any atom is 0.122 e. The zero-order valence-corrected chi connectivity index (χ0v) is 12.2. The highest BCUT2D eigenvalue weighted by Crippen LogP contribution is 2.42. The van der Waals surface area contributed by atoms with Crippen LogP contribution >= 0.6 is 11.6 Å². The van der Waals surface area contributed by atoms with Crippen LogP contribution in [0, 0.1) is 13.8 Å². The van der Waals surface area contributed by atoms with Crippen molar-refractivity contribution in [2.45, 2.75) is 51.5 Å². The molecule has 1 saturated carbocycles. The normalized spacial score (nSPS) is 24.1. The molecule has 0 spiro atoms. The molecule has 100 valence electrons. The number of rotatable bonds is 2. The largest absolute Gasteiger partial charge is 0.496 e. The van der Waals surface area contributed by atoms with Crippen LogP contribution in [-0.2, 0) is 0 Å². The molecule has 18 heavy (non-hydrogen) atoms. The Balaban J connectivity index is 2.39. The monoisotopic (exact) mass is 267 g/mol. The lowest BCUT2D eigenvalue weighted by molar-refractivity contribution is 0.368. The number of benzene rings is 1. The van der Waals surface area contributed by atoms with Crippen LogP contribution in [0.2, 0.25) is 5.02 Å². The molecule has 1 aliphatic rings. The van der Waals surface area contributed by atoms with Crippen LogP contribution in [0.25, 0.3) is 0 Å². The van der Waals surface area contributed by atoms with E-state index in [0.29, 0.717) is 12.0 Å². The third kappa shape index (κ3) is 2.50.